The van der Waals surface area contributed by atoms with Gasteiger partial charge in [-0.2, -0.15) is 0 Å². The van der Waals surface area contributed by atoms with Gasteiger partial charge < -0.3 is 4.74 Å². The number of imide groups is 1. The van der Waals surface area contributed by atoms with Gasteiger partial charge in [0.05, 0.1) is 28.0 Å². The minimum absolute atomic E-state index is 0.0199. The molecule has 0 unspecified atom stereocenters. The summed E-state index contributed by atoms with van der Waals surface area (Å²) in [5, 5.41) is 11.1. The molecule has 2 aromatic rings. The number of allylic oxidation sites excluding steroid dienone is 2. The van der Waals surface area contributed by atoms with Crippen LogP contribution in [0.25, 0.3) is 0 Å². The van der Waals surface area contributed by atoms with Crippen molar-refractivity contribution in [1.29, 1.82) is 0 Å². The molecule has 2 amide bonds. The van der Waals surface area contributed by atoms with E-state index in [0.717, 1.165) is 11.0 Å². The Morgan fingerprint density at radius 3 is 2.33 bits per heavy atom. The van der Waals surface area contributed by atoms with Crippen LogP contribution in [0.1, 0.15) is 39.1 Å². The van der Waals surface area contributed by atoms with Crippen LogP contribution in [0.4, 0.5) is 11.4 Å². The lowest BCUT2D eigenvalue weighted by Crippen LogP contribution is -2.32. The molecule has 2 aromatic carbocycles. The molecule has 2 aliphatic rings. The van der Waals surface area contributed by atoms with E-state index in [-0.39, 0.29) is 34.3 Å². The number of hydrogen-bond donors (Lipinski definition) is 0. The van der Waals surface area contributed by atoms with Gasteiger partial charge in [0.25, 0.3) is 5.69 Å². The third-order valence-electron chi connectivity index (χ3n) is 5.93. The molecular formula is C24H20N2O7. The maximum atomic E-state index is 12.9. The number of nitro groups is 1. The van der Waals surface area contributed by atoms with Gasteiger partial charge in [-0.1, -0.05) is 36.4 Å². The predicted octanol–water partition coefficient (Wildman–Crippen LogP) is 3.40. The van der Waals surface area contributed by atoms with E-state index in [1.165, 1.54) is 24.3 Å². The summed E-state index contributed by atoms with van der Waals surface area (Å²) in [7, 11) is 0. The van der Waals surface area contributed by atoms with E-state index < -0.39 is 35.1 Å². The Morgan fingerprint density at radius 2 is 1.70 bits per heavy atom. The minimum atomic E-state index is -0.880. The summed E-state index contributed by atoms with van der Waals surface area (Å²) in [6.07, 6.45) is 4.68. The molecular weight excluding hydrogens is 428 g/mol. The van der Waals surface area contributed by atoms with Gasteiger partial charge in [-0.05, 0) is 31.9 Å². The number of Topliss-reactive ketones (excluding diaryl/α,β-unsaturated/α-hetero) is 1. The molecule has 168 valence electrons. The Morgan fingerprint density at radius 1 is 1.06 bits per heavy atom. The highest BCUT2D eigenvalue weighted by Gasteiger charge is 2.48. The maximum absolute atomic E-state index is 12.9. The number of esters is 1. The number of carbonyl (C=O) groups excluding carboxylic acids is 4. The lowest BCUT2D eigenvalue weighted by atomic mass is 9.85. The van der Waals surface area contributed by atoms with Crippen molar-refractivity contribution in [1.82, 2.24) is 0 Å². The predicted molar refractivity (Wildman–Crippen MR) is 117 cm³/mol. The van der Waals surface area contributed by atoms with E-state index in [1.807, 2.05) is 12.2 Å². The molecule has 0 saturated carbocycles. The fourth-order valence-corrected chi connectivity index (χ4v) is 4.15. The number of benzene rings is 2. The molecule has 1 saturated heterocycles. The van der Waals surface area contributed by atoms with Crippen molar-refractivity contribution in [2.24, 2.45) is 11.8 Å². The first-order valence-corrected chi connectivity index (χ1v) is 10.4. The fraction of sp³-hybridized carbons (Fsp3) is 0.250. The normalized spacial score (nSPS) is 19.4. The van der Waals surface area contributed by atoms with Crippen LogP contribution in [0.5, 0.6) is 0 Å². The number of ether oxygens (including phenoxy) is 1. The first-order chi connectivity index (χ1) is 15.8. The van der Waals surface area contributed by atoms with E-state index in [4.69, 9.17) is 4.74 Å². The van der Waals surface area contributed by atoms with Crippen molar-refractivity contribution < 1.29 is 28.8 Å². The van der Waals surface area contributed by atoms with Crippen molar-refractivity contribution in [3.8, 4) is 0 Å². The molecule has 0 spiro atoms. The summed E-state index contributed by atoms with van der Waals surface area (Å²) >= 11 is 0. The largest absolute Gasteiger partial charge is 0.454 e. The molecule has 1 aliphatic heterocycles. The fourth-order valence-electron chi connectivity index (χ4n) is 4.15. The van der Waals surface area contributed by atoms with Crippen LogP contribution >= 0.6 is 0 Å². The van der Waals surface area contributed by atoms with Gasteiger partial charge in [0.1, 0.15) is 0 Å². The maximum Gasteiger partial charge on any atom is 0.340 e. The zero-order valence-electron chi connectivity index (χ0n) is 17.7. The molecule has 4 rings (SSSR count). The number of amides is 2. The van der Waals surface area contributed by atoms with E-state index in [2.05, 4.69) is 0 Å². The summed E-state index contributed by atoms with van der Waals surface area (Å²) in [4.78, 5) is 62.6. The summed E-state index contributed by atoms with van der Waals surface area (Å²) in [5.41, 5.74) is 0.325. The highest BCUT2D eigenvalue weighted by Crippen LogP contribution is 2.38. The third-order valence-corrected chi connectivity index (χ3v) is 5.93. The van der Waals surface area contributed by atoms with Crippen molar-refractivity contribution >= 4 is 34.9 Å². The number of anilines is 1. The molecule has 9 nitrogen and oxygen atoms in total. The van der Waals surface area contributed by atoms with Crippen LogP contribution in [0.2, 0.25) is 0 Å². The number of fused-ring (bicyclic) bond motifs is 1. The Hall–Kier alpha value is -4.14. The van der Waals surface area contributed by atoms with Crippen LogP contribution in [-0.4, -0.2) is 35.1 Å². The summed E-state index contributed by atoms with van der Waals surface area (Å²) in [5.74, 6) is -3.13. The Balaban J connectivity index is 1.52. The Kier molecular flexibility index (Phi) is 5.87. The van der Waals surface area contributed by atoms with Crippen molar-refractivity contribution in [2.75, 3.05) is 11.5 Å². The standard InChI is InChI=1S/C24H20N2O7/c1-14-10-11-15(12-20(14)26(31)32)21(27)13-33-24(30)18-8-4-5-9-19(18)25-22(28)16-6-2-3-7-17(16)23(25)29/h2-5,8-12,16-17H,6-7,13H2,1H3/t16-,17-/m1/s1. The molecule has 2 atom stereocenters. The number of carbonyl (C=O) groups is 4. The molecule has 0 bridgehead atoms. The van der Waals surface area contributed by atoms with Crippen LogP contribution in [0.3, 0.4) is 0 Å². The van der Waals surface area contributed by atoms with Gasteiger partial charge in [-0.3, -0.25) is 24.5 Å². The van der Waals surface area contributed by atoms with Gasteiger partial charge in [0.15, 0.2) is 6.61 Å². The monoisotopic (exact) mass is 448 g/mol. The molecule has 0 aromatic heterocycles. The molecule has 33 heavy (non-hydrogen) atoms. The molecule has 9 heteroatoms. The number of hydrogen-bond acceptors (Lipinski definition) is 7. The second-order valence-electron chi connectivity index (χ2n) is 7.94. The van der Waals surface area contributed by atoms with Gasteiger partial charge >= 0.3 is 5.97 Å². The van der Waals surface area contributed by atoms with E-state index in [1.54, 1.807) is 19.1 Å². The van der Waals surface area contributed by atoms with Crippen LogP contribution in [0.15, 0.2) is 54.6 Å². The van der Waals surface area contributed by atoms with Crippen LogP contribution < -0.4 is 4.90 Å². The summed E-state index contributed by atoms with van der Waals surface area (Å²) < 4.78 is 5.14. The number of ketones is 1. The first kappa shape index (κ1) is 22.1. The smallest absolute Gasteiger partial charge is 0.340 e. The van der Waals surface area contributed by atoms with E-state index in [0.29, 0.717) is 18.4 Å². The molecule has 1 aliphatic carbocycles. The Labute approximate surface area is 188 Å². The average molecular weight is 448 g/mol. The number of nitrogens with zero attached hydrogens (tertiary/aromatic N) is 2. The zero-order chi connectivity index (χ0) is 23.7. The highest BCUT2D eigenvalue weighted by atomic mass is 16.6. The third kappa shape index (κ3) is 4.05. The lowest BCUT2D eigenvalue weighted by Gasteiger charge is -2.18. The Bertz CT molecular complexity index is 1190. The number of aryl methyl sites for hydroxylation is 1. The quantitative estimate of drug-likeness (QED) is 0.166. The van der Waals surface area contributed by atoms with Crippen LogP contribution in [-0.2, 0) is 14.3 Å². The van der Waals surface area contributed by atoms with Crippen LogP contribution in [0, 0.1) is 28.9 Å². The van der Waals surface area contributed by atoms with E-state index in [9.17, 15) is 29.3 Å². The second-order valence-corrected chi connectivity index (χ2v) is 7.94. The van der Waals surface area contributed by atoms with Crippen molar-refractivity contribution in [3.05, 3.63) is 81.4 Å². The zero-order valence-corrected chi connectivity index (χ0v) is 17.7. The number of rotatable bonds is 6. The van der Waals surface area contributed by atoms with Gasteiger partial charge in [0, 0.05) is 17.2 Å². The van der Waals surface area contributed by atoms with Crippen molar-refractivity contribution in [2.45, 2.75) is 19.8 Å². The SMILES string of the molecule is Cc1ccc(C(=O)COC(=O)c2ccccc2N2C(=O)[C@@H]3CC=CC[C@H]3C2=O)cc1[N+](=O)[O-]. The summed E-state index contributed by atoms with van der Waals surface area (Å²) in [6, 6.07) is 10.1. The first-order valence-electron chi connectivity index (χ1n) is 10.4. The average Bonchev–Trinajstić information content (AvgIpc) is 3.07. The number of nitro benzene ring substituents is 1. The van der Waals surface area contributed by atoms with Gasteiger partial charge in [-0.25, -0.2) is 9.69 Å². The molecule has 0 N–H and O–H groups in total. The second kappa shape index (κ2) is 8.78. The van der Waals surface area contributed by atoms with Crippen molar-refractivity contribution in [3.63, 3.8) is 0 Å². The molecule has 1 heterocycles. The van der Waals surface area contributed by atoms with E-state index >= 15 is 0 Å². The highest BCUT2D eigenvalue weighted by molar-refractivity contribution is 6.24. The van der Waals surface area contributed by atoms with Gasteiger partial charge in [0.2, 0.25) is 17.6 Å². The minimum Gasteiger partial charge on any atom is -0.454 e. The molecule has 0 radical (unpaired) electrons. The summed E-state index contributed by atoms with van der Waals surface area (Å²) in [6.45, 7) is 0.904. The van der Waals surface area contributed by atoms with Gasteiger partial charge in [-0.15, -0.1) is 0 Å². The molecule has 1 fully saturated rings. The topological polar surface area (TPSA) is 124 Å². The lowest BCUT2D eigenvalue weighted by molar-refractivity contribution is -0.385. The number of para-hydroxylation sites is 1.